The van der Waals surface area contributed by atoms with Gasteiger partial charge in [-0.2, -0.15) is 5.10 Å². The van der Waals surface area contributed by atoms with E-state index in [1.807, 2.05) is 25.3 Å². The molecule has 1 atom stereocenters. The van der Waals surface area contributed by atoms with Crippen LogP contribution >= 0.6 is 0 Å². The van der Waals surface area contributed by atoms with E-state index in [2.05, 4.69) is 20.5 Å². The number of rotatable bonds is 3. The van der Waals surface area contributed by atoms with Gasteiger partial charge in [0.25, 0.3) is 0 Å². The van der Waals surface area contributed by atoms with Gasteiger partial charge in [-0.1, -0.05) is 6.07 Å². The van der Waals surface area contributed by atoms with Gasteiger partial charge in [-0.3, -0.25) is 5.10 Å². The quantitative estimate of drug-likeness (QED) is 0.672. The predicted octanol–water partition coefficient (Wildman–Crippen LogP) is 2.84. The Kier molecular flexibility index (Phi) is 2.79. The largest absolute Gasteiger partial charge is 0.508 e. The number of hydrogen-bond donors (Lipinski definition) is 3. The van der Waals surface area contributed by atoms with Crippen LogP contribution in [0.5, 0.6) is 5.75 Å². The molecule has 0 saturated carbocycles. The average Bonchev–Trinajstić information content (AvgIpc) is 2.93. The zero-order chi connectivity index (χ0) is 13.2. The first-order valence-corrected chi connectivity index (χ1v) is 6.07. The van der Waals surface area contributed by atoms with E-state index < -0.39 is 0 Å². The molecule has 1 aromatic carbocycles. The maximum Gasteiger partial charge on any atom is 0.134 e. The Morgan fingerprint density at radius 3 is 3.00 bits per heavy atom. The highest BCUT2D eigenvalue weighted by atomic mass is 16.3. The van der Waals surface area contributed by atoms with Crippen LogP contribution in [0.25, 0.3) is 10.8 Å². The van der Waals surface area contributed by atoms with E-state index in [0.29, 0.717) is 0 Å². The molecule has 0 spiro atoms. The molecule has 19 heavy (non-hydrogen) atoms. The summed E-state index contributed by atoms with van der Waals surface area (Å²) < 4.78 is 0. The van der Waals surface area contributed by atoms with Crippen molar-refractivity contribution in [3.05, 3.63) is 48.4 Å². The molecular weight excluding hydrogens is 240 g/mol. The number of hydrogen-bond acceptors (Lipinski definition) is 4. The number of aromatic nitrogens is 3. The molecule has 5 nitrogen and oxygen atoms in total. The number of aromatic amines is 1. The number of nitrogens with zero attached hydrogens (tertiary/aromatic N) is 2. The third-order valence-electron chi connectivity index (χ3n) is 3.12. The number of anilines is 1. The van der Waals surface area contributed by atoms with Crippen molar-refractivity contribution in [1.82, 2.24) is 15.2 Å². The van der Waals surface area contributed by atoms with Crippen LogP contribution in [0.4, 0.5) is 5.82 Å². The second-order valence-electron chi connectivity index (χ2n) is 4.46. The third kappa shape index (κ3) is 2.22. The molecule has 2 heterocycles. The van der Waals surface area contributed by atoms with E-state index in [1.54, 1.807) is 24.5 Å². The zero-order valence-electron chi connectivity index (χ0n) is 10.5. The summed E-state index contributed by atoms with van der Waals surface area (Å²) in [5.74, 6) is 0.988. The van der Waals surface area contributed by atoms with Crippen molar-refractivity contribution in [2.45, 2.75) is 13.0 Å². The average molecular weight is 254 g/mol. The van der Waals surface area contributed by atoms with Crippen LogP contribution in [0.3, 0.4) is 0 Å². The van der Waals surface area contributed by atoms with E-state index in [1.165, 1.54) is 0 Å². The van der Waals surface area contributed by atoms with Crippen LogP contribution in [-0.4, -0.2) is 20.3 Å². The van der Waals surface area contributed by atoms with Crippen molar-refractivity contribution < 1.29 is 5.11 Å². The van der Waals surface area contributed by atoms with E-state index in [9.17, 15) is 5.11 Å². The number of phenols is 1. The molecule has 3 aromatic rings. The molecule has 0 aliphatic heterocycles. The summed E-state index contributed by atoms with van der Waals surface area (Å²) in [6.45, 7) is 2.04. The monoisotopic (exact) mass is 254 g/mol. The molecule has 1 unspecified atom stereocenters. The Bertz CT molecular complexity index is 694. The van der Waals surface area contributed by atoms with E-state index >= 15 is 0 Å². The normalized spacial score (nSPS) is 12.5. The summed E-state index contributed by atoms with van der Waals surface area (Å²) in [5, 5.41) is 21.6. The highest BCUT2D eigenvalue weighted by Crippen LogP contribution is 2.27. The lowest BCUT2D eigenvalue weighted by molar-refractivity contribution is 0.476. The number of fused-ring (bicyclic) bond motifs is 1. The number of benzene rings is 1. The Hall–Kier alpha value is -2.56. The highest BCUT2D eigenvalue weighted by molar-refractivity contribution is 5.92. The molecule has 0 saturated heterocycles. The Morgan fingerprint density at radius 2 is 2.21 bits per heavy atom. The van der Waals surface area contributed by atoms with Gasteiger partial charge in [-0.05, 0) is 30.5 Å². The molecule has 0 bridgehead atoms. The first-order valence-electron chi connectivity index (χ1n) is 6.07. The van der Waals surface area contributed by atoms with Crippen molar-refractivity contribution in [3.63, 3.8) is 0 Å². The Balaban J connectivity index is 1.98. The molecule has 2 aromatic heterocycles. The number of H-pyrrole nitrogens is 1. The minimum absolute atomic E-state index is 0.0826. The van der Waals surface area contributed by atoms with Crippen molar-refractivity contribution in [2.75, 3.05) is 5.32 Å². The number of pyridine rings is 1. The predicted molar refractivity (Wildman–Crippen MR) is 74.0 cm³/mol. The summed E-state index contributed by atoms with van der Waals surface area (Å²) in [5.41, 5.74) is 1.05. The fraction of sp³-hybridized carbons (Fsp3) is 0.143. The molecule has 5 heteroatoms. The molecule has 0 fully saturated rings. The lowest BCUT2D eigenvalue weighted by atomic mass is 10.1. The Morgan fingerprint density at radius 1 is 1.32 bits per heavy atom. The van der Waals surface area contributed by atoms with Crippen LogP contribution in [0.1, 0.15) is 18.5 Å². The molecule has 3 rings (SSSR count). The smallest absolute Gasteiger partial charge is 0.134 e. The van der Waals surface area contributed by atoms with Crippen LogP contribution in [0.2, 0.25) is 0 Å². The summed E-state index contributed by atoms with van der Waals surface area (Å²) in [6.07, 6.45) is 5.38. The lowest BCUT2D eigenvalue weighted by Crippen LogP contribution is -2.07. The molecule has 0 aliphatic carbocycles. The van der Waals surface area contributed by atoms with Crippen LogP contribution < -0.4 is 5.32 Å². The van der Waals surface area contributed by atoms with Gasteiger partial charge >= 0.3 is 0 Å². The molecule has 0 radical (unpaired) electrons. The summed E-state index contributed by atoms with van der Waals surface area (Å²) >= 11 is 0. The first-order chi connectivity index (χ1) is 9.24. The summed E-state index contributed by atoms with van der Waals surface area (Å²) in [6, 6.07) is 7.26. The van der Waals surface area contributed by atoms with E-state index in [-0.39, 0.29) is 11.8 Å². The topological polar surface area (TPSA) is 73.8 Å². The fourth-order valence-electron chi connectivity index (χ4n) is 2.06. The van der Waals surface area contributed by atoms with E-state index in [0.717, 1.165) is 22.2 Å². The van der Waals surface area contributed by atoms with Gasteiger partial charge in [0.2, 0.25) is 0 Å². The minimum atomic E-state index is 0.0826. The SMILES string of the molecule is CC(Nc1nccc2ccc(O)cc12)c1cn[nH]c1. The maximum absolute atomic E-state index is 9.60. The molecule has 0 aliphatic rings. The van der Waals surface area contributed by atoms with Gasteiger partial charge in [0, 0.05) is 23.3 Å². The van der Waals surface area contributed by atoms with Crippen LogP contribution in [0.15, 0.2) is 42.9 Å². The van der Waals surface area contributed by atoms with Crippen molar-refractivity contribution in [3.8, 4) is 5.75 Å². The maximum atomic E-state index is 9.60. The number of aromatic hydroxyl groups is 1. The van der Waals surface area contributed by atoms with Gasteiger partial charge < -0.3 is 10.4 Å². The molecular formula is C14H14N4O. The van der Waals surface area contributed by atoms with Gasteiger partial charge in [-0.25, -0.2) is 4.98 Å². The minimum Gasteiger partial charge on any atom is -0.508 e. The van der Waals surface area contributed by atoms with Crippen LogP contribution in [0, 0.1) is 0 Å². The van der Waals surface area contributed by atoms with Crippen LogP contribution in [-0.2, 0) is 0 Å². The van der Waals surface area contributed by atoms with Gasteiger partial charge in [0.15, 0.2) is 0 Å². The van der Waals surface area contributed by atoms with Crippen molar-refractivity contribution >= 4 is 16.6 Å². The fourth-order valence-corrected chi connectivity index (χ4v) is 2.06. The second kappa shape index (κ2) is 4.61. The lowest BCUT2D eigenvalue weighted by Gasteiger charge is -2.14. The Labute approximate surface area is 110 Å². The third-order valence-corrected chi connectivity index (χ3v) is 3.12. The standard InChI is InChI=1S/C14H14N4O/c1-9(11-7-16-17-8-11)18-14-13-6-12(19)3-2-10(13)4-5-15-14/h2-9,19H,1H3,(H,15,18)(H,16,17). The highest BCUT2D eigenvalue weighted by Gasteiger charge is 2.09. The molecule has 3 N–H and O–H groups in total. The second-order valence-corrected chi connectivity index (χ2v) is 4.46. The van der Waals surface area contributed by atoms with Crippen molar-refractivity contribution in [2.24, 2.45) is 0 Å². The van der Waals surface area contributed by atoms with Gasteiger partial charge in [0.05, 0.1) is 12.2 Å². The number of nitrogens with one attached hydrogen (secondary N) is 2. The summed E-state index contributed by atoms with van der Waals surface area (Å²) in [4.78, 5) is 4.35. The zero-order valence-corrected chi connectivity index (χ0v) is 10.5. The molecule has 96 valence electrons. The van der Waals surface area contributed by atoms with Gasteiger partial charge in [0.1, 0.15) is 11.6 Å². The number of phenolic OH excluding ortho intramolecular Hbond substituents is 1. The van der Waals surface area contributed by atoms with Crippen molar-refractivity contribution in [1.29, 1.82) is 0 Å². The van der Waals surface area contributed by atoms with Gasteiger partial charge in [-0.15, -0.1) is 0 Å². The summed E-state index contributed by atoms with van der Waals surface area (Å²) in [7, 11) is 0. The first kappa shape index (κ1) is 11.5. The van der Waals surface area contributed by atoms with E-state index in [4.69, 9.17) is 0 Å². The molecule has 0 amide bonds.